The summed E-state index contributed by atoms with van der Waals surface area (Å²) in [5, 5.41) is 0. The van der Waals surface area contributed by atoms with Crippen LogP contribution in [0.2, 0.25) is 0 Å². The largest absolute Gasteiger partial charge is 0.370 e. The molecule has 2 amide bonds. The van der Waals surface area contributed by atoms with Crippen molar-refractivity contribution in [2.24, 2.45) is 11.7 Å². The Morgan fingerprint density at radius 2 is 2.00 bits per heavy atom. The molecule has 1 aliphatic carbocycles. The Labute approximate surface area is 151 Å². The average Bonchev–Trinajstić information content (AvgIpc) is 3.02. The first-order chi connectivity index (χ1) is 11.5. The molecule has 0 radical (unpaired) electrons. The van der Waals surface area contributed by atoms with Gasteiger partial charge in [-0.05, 0) is 42.9 Å². The number of likely N-dealkylation sites (tertiary alicyclic amines) is 1. The van der Waals surface area contributed by atoms with Gasteiger partial charge in [0.1, 0.15) is 0 Å². The van der Waals surface area contributed by atoms with E-state index in [0.29, 0.717) is 13.0 Å². The lowest BCUT2D eigenvalue weighted by molar-refractivity contribution is -0.138. The molecule has 0 spiro atoms. The maximum atomic E-state index is 13.5. The Kier molecular flexibility index (Phi) is 5.28. The summed E-state index contributed by atoms with van der Waals surface area (Å²) in [5.41, 5.74) is 6.05. The summed E-state index contributed by atoms with van der Waals surface area (Å²) in [6.45, 7) is 1.41. The van der Waals surface area contributed by atoms with Crippen molar-refractivity contribution in [1.82, 2.24) is 4.90 Å². The van der Waals surface area contributed by atoms with Crippen LogP contribution in [0, 0.1) is 5.92 Å². The van der Waals surface area contributed by atoms with E-state index in [1.165, 1.54) is 6.42 Å². The molecule has 3 rings (SSSR count). The number of nitrogens with two attached hydrogens (primary N) is 1. The predicted molar refractivity (Wildman–Crippen MR) is 97.4 cm³/mol. The van der Waals surface area contributed by atoms with Gasteiger partial charge in [0.25, 0.3) is 0 Å². The van der Waals surface area contributed by atoms with Crippen molar-refractivity contribution in [3.8, 4) is 0 Å². The number of nitrogens with zero attached hydrogens (tertiary/aromatic N) is 1. The molecule has 5 heteroatoms. The molecule has 2 N–H and O–H groups in total. The number of rotatable bonds is 4. The summed E-state index contributed by atoms with van der Waals surface area (Å²) in [7, 11) is 0. The number of primary amides is 1. The van der Waals surface area contributed by atoms with Crippen LogP contribution >= 0.6 is 15.9 Å². The summed E-state index contributed by atoms with van der Waals surface area (Å²) >= 11 is 3.55. The van der Waals surface area contributed by atoms with Gasteiger partial charge in [-0.15, -0.1) is 0 Å². The Hall–Kier alpha value is -1.36. The number of amides is 2. The average molecular weight is 393 g/mol. The molecular weight excluding hydrogens is 368 g/mol. The van der Waals surface area contributed by atoms with Crippen molar-refractivity contribution >= 4 is 27.7 Å². The Bertz CT molecular complexity index is 626. The molecule has 4 nitrogen and oxygen atoms in total. The monoisotopic (exact) mass is 392 g/mol. The third-order valence-corrected chi connectivity index (χ3v) is 6.05. The fraction of sp³-hybridized carbons (Fsp3) is 0.579. The first-order valence-electron chi connectivity index (χ1n) is 8.85. The summed E-state index contributed by atoms with van der Waals surface area (Å²) in [4.78, 5) is 26.6. The highest BCUT2D eigenvalue weighted by atomic mass is 79.9. The second kappa shape index (κ2) is 7.26. The second-order valence-electron chi connectivity index (χ2n) is 7.23. The molecule has 0 aromatic heterocycles. The van der Waals surface area contributed by atoms with E-state index in [-0.39, 0.29) is 17.7 Å². The van der Waals surface area contributed by atoms with Crippen LogP contribution in [-0.2, 0) is 15.0 Å². The van der Waals surface area contributed by atoms with E-state index < -0.39 is 5.41 Å². The van der Waals surface area contributed by atoms with Crippen LogP contribution in [0.15, 0.2) is 28.7 Å². The quantitative estimate of drug-likeness (QED) is 0.853. The highest BCUT2D eigenvalue weighted by Crippen LogP contribution is 2.42. The van der Waals surface area contributed by atoms with Crippen molar-refractivity contribution in [3.05, 3.63) is 34.3 Å². The van der Waals surface area contributed by atoms with Gasteiger partial charge >= 0.3 is 0 Å². The number of halogens is 1. The van der Waals surface area contributed by atoms with Crippen molar-refractivity contribution < 1.29 is 9.59 Å². The number of hydrogen-bond donors (Lipinski definition) is 1. The van der Waals surface area contributed by atoms with E-state index in [4.69, 9.17) is 5.73 Å². The lowest BCUT2D eigenvalue weighted by atomic mass is 9.68. The van der Waals surface area contributed by atoms with Crippen molar-refractivity contribution in [3.63, 3.8) is 0 Å². The van der Waals surface area contributed by atoms with Gasteiger partial charge in [-0.3, -0.25) is 9.59 Å². The number of benzene rings is 1. The minimum absolute atomic E-state index is 0.217. The third-order valence-electron chi connectivity index (χ3n) is 5.56. The van der Waals surface area contributed by atoms with Gasteiger partial charge in [0.2, 0.25) is 11.8 Å². The van der Waals surface area contributed by atoms with Crippen LogP contribution in [0.25, 0.3) is 0 Å². The van der Waals surface area contributed by atoms with Crippen LogP contribution in [0.5, 0.6) is 0 Å². The lowest BCUT2D eigenvalue weighted by Gasteiger charge is -2.39. The molecule has 2 aliphatic rings. The topological polar surface area (TPSA) is 63.4 Å². The number of carbonyl (C=O) groups is 2. The molecule has 1 saturated carbocycles. The van der Waals surface area contributed by atoms with Gasteiger partial charge in [-0.25, -0.2) is 0 Å². The van der Waals surface area contributed by atoms with Crippen LogP contribution < -0.4 is 5.73 Å². The van der Waals surface area contributed by atoms with Gasteiger partial charge in [-0.1, -0.05) is 47.3 Å². The standard InChI is InChI=1S/C19H25BrN2O2/c20-16-6-4-5-15(12-16)19(8-2-1-3-9-19)18(24)22-10-7-14(13-22)11-17(21)23/h4-6,12,14H,1-3,7-11,13H2,(H2,21,23). The normalized spacial score (nSPS) is 23.2. The van der Waals surface area contributed by atoms with E-state index in [0.717, 1.165) is 48.7 Å². The number of hydrogen-bond acceptors (Lipinski definition) is 2. The molecule has 1 saturated heterocycles. The maximum absolute atomic E-state index is 13.5. The van der Waals surface area contributed by atoms with Crippen LogP contribution in [-0.4, -0.2) is 29.8 Å². The predicted octanol–water partition coefficient (Wildman–Crippen LogP) is 3.37. The minimum Gasteiger partial charge on any atom is -0.370 e. The fourth-order valence-electron chi connectivity index (χ4n) is 4.34. The van der Waals surface area contributed by atoms with Crippen LogP contribution in [0.1, 0.15) is 50.5 Å². The molecule has 2 fully saturated rings. The van der Waals surface area contributed by atoms with E-state index in [9.17, 15) is 9.59 Å². The number of carbonyl (C=O) groups excluding carboxylic acids is 2. The van der Waals surface area contributed by atoms with Crippen LogP contribution in [0.4, 0.5) is 0 Å². The maximum Gasteiger partial charge on any atom is 0.233 e. The van der Waals surface area contributed by atoms with Crippen molar-refractivity contribution in [1.29, 1.82) is 0 Å². The van der Waals surface area contributed by atoms with Crippen molar-refractivity contribution in [2.45, 2.75) is 50.4 Å². The highest BCUT2D eigenvalue weighted by Gasteiger charge is 2.45. The molecule has 24 heavy (non-hydrogen) atoms. The second-order valence-corrected chi connectivity index (χ2v) is 8.15. The lowest BCUT2D eigenvalue weighted by Crippen LogP contribution is -2.47. The Balaban J connectivity index is 1.84. The molecule has 1 heterocycles. The van der Waals surface area contributed by atoms with E-state index in [1.54, 1.807) is 0 Å². The summed E-state index contributed by atoms with van der Waals surface area (Å²) in [6.07, 6.45) is 6.48. The Morgan fingerprint density at radius 1 is 1.25 bits per heavy atom. The summed E-state index contributed by atoms with van der Waals surface area (Å²) in [6, 6.07) is 8.21. The molecular formula is C19H25BrN2O2. The zero-order valence-corrected chi connectivity index (χ0v) is 15.6. The third kappa shape index (κ3) is 3.51. The molecule has 1 atom stereocenters. The molecule has 0 bridgehead atoms. The van der Waals surface area contributed by atoms with Gasteiger partial charge in [0.05, 0.1) is 5.41 Å². The van der Waals surface area contributed by atoms with Gasteiger partial charge in [0.15, 0.2) is 0 Å². The first-order valence-corrected chi connectivity index (χ1v) is 9.64. The molecule has 1 aromatic carbocycles. The Morgan fingerprint density at radius 3 is 2.67 bits per heavy atom. The van der Waals surface area contributed by atoms with E-state index in [1.807, 2.05) is 17.0 Å². The van der Waals surface area contributed by atoms with E-state index >= 15 is 0 Å². The van der Waals surface area contributed by atoms with Crippen LogP contribution in [0.3, 0.4) is 0 Å². The smallest absolute Gasteiger partial charge is 0.233 e. The van der Waals surface area contributed by atoms with E-state index in [2.05, 4.69) is 28.1 Å². The van der Waals surface area contributed by atoms with Gasteiger partial charge < -0.3 is 10.6 Å². The summed E-state index contributed by atoms with van der Waals surface area (Å²) in [5.74, 6) is 0.190. The zero-order chi connectivity index (χ0) is 17.2. The van der Waals surface area contributed by atoms with Crippen molar-refractivity contribution in [2.75, 3.05) is 13.1 Å². The SMILES string of the molecule is NC(=O)CC1CCN(C(=O)C2(c3cccc(Br)c3)CCCCC2)C1. The van der Waals surface area contributed by atoms with Gasteiger partial charge in [-0.2, -0.15) is 0 Å². The molecule has 130 valence electrons. The molecule has 1 aromatic rings. The molecule has 1 unspecified atom stereocenters. The fourth-order valence-corrected chi connectivity index (χ4v) is 4.74. The molecule has 1 aliphatic heterocycles. The zero-order valence-electron chi connectivity index (χ0n) is 14.0. The first kappa shape index (κ1) is 17.5. The summed E-state index contributed by atoms with van der Waals surface area (Å²) < 4.78 is 1.02. The highest BCUT2D eigenvalue weighted by molar-refractivity contribution is 9.10. The van der Waals surface area contributed by atoms with Gasteiger partial charge in [0, 0.05) is 24.0 Å². The minimum atomic E-state index is -0.399.